The van der Waals surface area contributed by atoms with Gasteiger partial charge in [0.15, 0.2) is 9.84 Å². The third-order valence-corrected chi connectivity index (χ3v) is 4.47. The maximum atomic E-state index is 11.9. The van der Waals surface area contributed by atoms with Crippen LogP contribution in [0.5, 0.6) is 0 Å². The van der Waals surface area contributed by atoms with E-state index >= 15 is 0 Å². The van der Waals surface area contributed by atoms with E-state index in [1.807, 2.05) is 0 Å². The Morgan fingerprint density at radius 3 is 2.35 bits per heavy atom. The van der Waals surface area contributed by atoms with Crippen LogP contribution in [-0.2, 0) is 20.4 Å². The van der Waals surface area contributed by atoms with E-state index in [1.54, 1.807) is 36.4 Å². The fraction of sp³-hybridized carbons (Fsp3) is 0.357. The van der Waals surface area contributed by atoms with E-state index in [-0.39, 0.29) is 17.9 Å². The van der Waals surface area contributed by atoms with E-state index in [2.05, 4.69) is 0 Å². The molecule has 20 heavy (non-hydrogen) atoms. The Morgan fingerprint density at radius 1 is 1.15 bits per heavy atom. The van der Waals surface area contributed by atoms with Gasteiger partial charge in [0.05, 0.1) is 11.5 Å². The molecule has 1 N–H and O–H groups in total. The second-order valence-electron chi connectivity index (χ2n) is 4.41. The molecule has 0 heterocycles. The quantitative estimate of drug-likeness (QED) is 0.748. The van der Waals surface area contributed by atoms with Crippen molar-refractivity contribution in [2.45, 2.75) is 25.0 Å². The average Bonchev–Trinajstić information content (AvgIpc) is 2.36. The van der Waals surface area contributed by atoms with E-state index < -0.39 is 15.8 Å². The summed E-state index contributed by atoms with van der Waals surface area (Å²) in [5, 5.41) is 9.02. The van der Waals surface area contributed by atoms with Crippen molar-refractivity contribution in [1.82, 2.24) is 0 Å². The molecule has 6 heteroatoms. The highest BCUT2D eigenvalue weighted by Gasteiger charge is 2.10. The van der Waals surface area contributed by atoms with Crippen molar-refractivity contribution in [3.05, 3.63) is 47.0 Å². The van der Waals surface area contributed by atoms with Gasteiger partial charge in [0.25, 0.3) is 0 Å². The van der Waals surface area contributed by atoms with Crippen LogP contribution in [0.1, 0.15) is 24.8 Å². The van der Waals surface area contributed by atoms with Gasteiger partial charge in [-0.15, -0.1) is 0 Å². The fourth-order valence-corrected chi connectivity index (χ4v) is 3.06. The van der Waals surface area contributed by atoms with E-state index in [1.165, 1.54) is 0 Å². The van der Waals surface area contributed by atoms with Gasteiger partial charge in [0.1, 0.15) is 0 Å². The molecule has 0 fully saturated rings. The van der Waals surface area contributed by atoms with Crippen molar-refractivity contribution in [1.29, 1.82) is 0 Å². The van der Waals surface area contributed by atoms with Gasteiger partial charge < -0.3 is 5.11 Å². The Morgan fingerprint density at radius 2 is 1.75 bits per heavy atom. The number of halogens is 1. The maximum absolute atomic E-state index is 11.9. The third-order valence-electron chi connectivity index (χ3n) is 2.59. The predicted molar refractivity (Wildman–Crippen MR) is 79.6 cm³/mol. The van der Waals surface area contributed by atoms with Gasteiger partial charge in [-0.1, -0.05) is 35.9 Å². The lowest BCUT2D eigenvalue weighted by atomic mass is 10.2. The Kier molecular flexibility index (Phi) is 6.75. The van der Waals surface area contributed by atoms with Gasteiger partial charge in [-0.25, -0.2) is 8.42 Å². The van der Waals surface area contributed by atoms with Crippen molar-refractivity contribution in [2.75, 3.05) is 5.75 Å². The van der Waals surface area contributed by atoms with E-state index in [4.69, 9.17) is 16.7 Å². The monoisotopic (exact) mass is 316 g/mol. The smallest absolute Gasteiger partial charge is 0.303 e. The standard InChI is InChI=1S/C14H17ClO4S/c15-13-8-6-12(7-9-13)11-20(18,19)10-4-2-1-3-5-14(16)17/h1-2,6-9H,3-5,10-11H2,(H,16,17). The summed E-state index contributed by atoms with van der Waals surface area (Å²) in [6.45, 7) is 0. The summed E-state index contributed by atoms with van der Waals surface area (Å²) in [4.78, 5) is 10.3. The van der Waals surface area contributed by atoms with Crippen molar-refractivity contribution in [3.8, 4) is 0 Å². The fourth-order valence-electron chi connectivity index (χ4n) is 1.60. The number of hydrogen-bond acceptors (Lipinski definition) is 3. The van der Waals surface area contributed by atoms with E-state index in [9.17, 15) is 13.2 Å². The van der Waals surface area contributed by atoms with Gasteiger partial charge >= 0.3 is 5.97 Å². The Balaban J connectivity index is 2.38. The van der Waals surface area contributed by atoms with Crippen LogP contribution < -0.4 is 0 Å². The molecule has 0 aliphatic rings. The number of carbonyl (C=O) groups is 1. The van der Waals surface area contributed by atoms with Crippen molar-refractivity contribution in [2.24, 2.45) is 0 Å². The molecular formula is C14H17ClO4S. The second-order valence-corrected chi connectivity index (χ2v) is 7.03. The van der Waals surface area contributed by atoms with Crippen LogP contribution in [0.2, 0.25) is 5.02 Å². The average molecular weight is 317 g/mol. The molecule has 0 saturated heterocycles. The SMILES string of the molecule is O=C(O)CCC=CCCS(=O)(=O)Cc1ccc(Cl)cc1. The molecule has 0 aliphatic heterocycles. The highest BCUT2D eigenvalue weighted by Crippen LogP contribution is 2.13. The van der Waals surface area contributed by atoms with Crippen LogP contribution in [0, 0.1) is 0 Å². The number of benzene rings is 1. The topological polar surface area (TPSA) is 71.4 Å². The molecule has 1 aromatic carbocycles. The van der Waals surface area contributed by atoms with Crippen LogP contribution in [0.3, 0.4) is 0 Å². The zero-order valence-electron chi connectivity index (χ0n) is 11.0. The van der Waals surface area contributed by atoms with Gasteiger partial charge in [-0.3, -0.25) is 4.79 Å². The Labute approximate surface area is 124 Å². The lowest BCUT2D eigenvalue weighted by molar-refractivity contribution is -0.136. The first kappa shape index (κ1) is 16.7. The molecule has 4 nitrogen and oxygen atoms in total. The lowest BCUT2D eigenvalue weighted by Crippen LogP contribution is -2.08. The highest BCUT2D eigenvalue weighted by molar-refractivity contribution is 7.90. The first-order valence-corrected chi connectivity index (χ1v) is 8.41. The summed E-state index contributed by atoms with van der Waals surface area (Å²) >= 11 is 5.74. The lowest BCUT2D eigenvalue weighted by Gasteiger charge is -2.03. The van der Waals surface area contributed by atoms with Crippen LogP contribution >= 0.6 is 11.6 Å². The van der Waals surface area contributed by atoms with Crippen LogP contribution in [0.15, 0.2) is 36.4 Å². The molecule has 0 amide bonds. The van der Waals surface area contributed by atoms with Crippen LogP contribution in [0.25, 0.3) is 0 Å². The van der Waals surface area contributed by atoms with Gasteiger partial charge in [0.2, 0.25) is 0 Å². The zero-order valence-corrected chi connectivity index (χ0v) is 12.5. The zero-order chi connectivity index (χ0) is 15.0. The molecule has 0 bridgehead atoms. The number of rotatable bonds is 8. The first-order valence-electron chi connectivity index (χ1n) is 6.21. The molecular weight excluding hydrogens is 300 g/mol. The van der Waals surface area contributed by atoms with E-state index in [0.29, 0.717) is 23.4 Å². The first-order chi connectivity index (χ1) is 9.39. The van der Waals surface area contributed by atoms with Crippen LogP contribution in [-0.4, -0.2) is 25.2 Å². The Bertz CT molecular complexity index is 561. The number of allylic oxidation sites excluding steroid dienone is 2. The number of carboxylic acid groups (broad SMARTS) is 1. The number of aliphatic carboxylic acids is 1. The summed E-state index contributed by atoms with van der Waals surface area (Å²) in [7, 11) is -3.16. The summed E-state index contributed by atoms with van der Waals surface area (Å²) in [5.41, 5.74) is 0.712. The molecule has 0 aliphatic carbocycles. The normalized spacial score (nSPS) is 11.8. The predicted octanol–water partition coefficient (Wildman–Crippen LogP) is 3.07. The maximum Gasteiger partial charge on any atom is 0.303 e. The van der Waals surface area contributed by atoms with Crippen molar-refractivity contribution >= 4 is 27.4 Å². The third kappa shape index (κ3) is 7.31. The largest absolute Gasteiger partial charge is 0.481 e. The molecule has 0 unspecified atom stereocenters. The molecule has 0 radical (unpaired) electrons. The number of hydrogen-bond donors (Lipinski definition) is 1. The van der Waals surface area contributed by atoms with E-state index in [0.717, 1.165) is 0 Å². The second kappa shape index (κ2) is 8.07. The summed E-state index contributed by atoms with van der Waals surface area (Å²) in [6, 6.07) is 6.72. The molecule has 0 aromatic heterocycles. The highest BCUT2D eigenvalue weighted by atomic mass is 35.5. The van der Waals surface area contributed by atoms with Gasteiger partial charge in [0, 0.05) is 11.4 Å². The van der Waals surface area contributed by atoms with Gasteiger partial charge in [-0.05, 0) is 30.5 Å². The molecule has 0 spiro atoms. The van der Waals surface area contributed by atoms with Crippen molar-refractivity contribution in [3.63, 3.8) is 0 Å². The molecule has 0 saturated carbocycles. The Hall–Kier alpha value is -1.33. The summed E-state index contributed by atoms with van der Waals surface area (Å²) in [6.07, 6.45) is 4.30. The minimum absolute atomic E-state index is 0.00681. The minimum atomic E-state index is -3.16. The molecule has 110 valence electrons. The molecule has 0 atom stereocenters. The number of sulfone groups is 1. The van der Waals surface area contributed by atoms with Crippen molar-refractivity contribution < 1.29 is 18.3 Å². The summed E-state index contributed by atoms with van der Waals surface area (Å²) in [5.74, 6) is -0.809. The summed E-state index contributed by atoms with van der Waals surface area (Å²) < 4.78 is 23.7. The van der Waals surface area contributed by atoms with Gasteiger partial charge in [-0.2, -0.15) is 0 Å². The van der Waals surface area contributed by atoms with Crippen LogP contribution in [0.4, 0.5) is 0 Å². The minimum Gasteiger partial charge on any atom is -0.481 e. The molecule has 1 rings (SSSR count). The molecule has 1 aromatic rings. The number of carboxylic acids is 1.